The zero-order valence-electron chi connectivity index (χ0n) is 17.1. The molecule has 1 aliphatic carbocycles. The van der Waals surface area contributed by atoms with Crippen molar-refractivity contribution in [2.45, 2.75) is 83.7 Å². The van der Waals surface area contributed by atoms with Crippen molar-refractivity contribution in [2.24, 2.45) is 11.8 Å². The van der Waals surface area contributed by atoms with E-state index in [1.54, 1.807) is 0 Å². The van der Waals surface area contributed by atoms with E-state index < -0.39 is 0 Å². The van der Waals surface area contributed by atoms with E-state index in [9.17, 15) is 4.79 Å². The number of carbonyl (C=O) groups excluding carboxylic acids is 1. The van der Waals surface area contributed by atoms with Gasteiger partial charge in [0.2, 0.25) is 5.91 Å². The van der Waals surface area contributed by atoms with Crippen molar-refractivity contribution in [1.82, 2.24) is 0 Å². The van der Waals surface area contributed by atoms with Gasteiger partial charge in [0, 0.05) is 18.2 Å². The Morgan fingerprint density at radius 2 is 1.93 bits per heavy atom. The van der Waals surface area contributed by atoms with Crippen LogP contribution >= 0.6 is 0 Å². The fourth-order valence-corrected chi connectivity index (χ4v) is 4.80. The average molecular weight is 371 g/mol. The van der Waals surface area contributed by atoms with Crippen LogP contribution in [0.2, 0.25) is 6.32 Å². The average Bonchev–Trinajstić information content (AvgIpc) is 2.61. The molecule has 2 fully saturated rings. The molecule has 148 valence electrons. The molecular formula is C22H34BNO3. The summed E-state index contributed by atoms with van der Waals surface area (Å²) in [5.41, 5.74) is 0.705. The predicted octanol–water partition coefficient (Wildman–Crippen LogP) is 5.30. The van der Waals surface area contributed by atoms with Crippen LogP contribution in [0.1, 0.15) is 65.7 Å². The third kappa shape index (κ3) is 6.36. The Balaban J connectivity index is 1.64. The summed E-state index contributed by atoms with van der Waals surface area (Å²) >= 11 is 0. The first-order chi connectivity index (χ1) is 12.9. The van der Waals surface area contributed by atoms with Crippen LogP contribution < -0.4 is 5.32 Å². The Kier molecular flexibility index (Phi) is 6.99. The van der Waals surface area contributed by atoms with E-state index in [-0.39, 0.29) is 24.7 Å². The molecule has 1 unspecified atom stereocenters. The Morgan fingerprint density at radius 1 is 1.22 bits per heavy atom. The lowest BCUT2D eigenvalue weighted by molar-refractivity contribution is -0.117. The molecule has 2 aliphatic rings. The third-order valence-electron chi connectivity index (χ3n) is 5.93. The molecule has 0 bridgehead atoms. The number of para-hydroxylation sites is 1. The van der Waals surface area contributed by atoms with Crippen LogP contribution in [0.25, 0.3) is 0 Å². The summed E-state index contributed by atoms with van der Waals surface area (Å²) in [7, 11) is -0.208. The van der Waals surface area contributed by atoms with Gasteiger partial charge in [-0.05, 0) is 57.5 Å². The van der Waals surface area contributed by atoms with Crippen LogP contribution in [0.3, 0.4) is 0 Å². The van der Waals surface area contributed by atoms with E-state index in [0.717, 1.165) is 18.4 Å². The first kappa shape index (κ1) is 20.4. The fraction of sp³-hybridized carbons (Fsp3) is 0.682. The number of rotatable bonds is 6. The minimum atomic E-state index is -0.208. The molecule has 1 N–H and O–H groups in total. The van der Waals surface area contributed by atoms with Gasteiger partial charge < -0.3 is 14.6 Å². The van der Waals surface area contributed by atoms with Gasteiger partial charge in [0.25, 0.3) is 0 Å². The van der Waals surface area contributed by atoms with E-state index >= 15 is 0 Å². The van der Waals surface area contributed by atoms with Gasteiger partial charge in [-0.2, -0.15) is 0 Å². The number of amides is 1. The summed E-state index contributed by atoms with van der Waals surface area (Å²) in [6.45, 7) is 6.39. The number of carbonyl (C=O) groups is 1. The zero-order valence-corrected chi connectivity index (χ0v) is 17.1. The molecule has 5 heteroatoms. The van der Waals surface area contributed by atoms with E-state index in [2.05, 4.69) is 26.1 Å². The maximum absolute atomic E-state index is 12.7. The van der Waals surface area contributed by atoms with E-state index in [4.69, 9.17) is 9.31 Å². The molecule has 1 aliphatic heterocycles. The second-order valence-corrected chi connectivity index (χ2v) is 8.97. The zero-order chi connectivity index (χ0) is 19.3. The van der Waals surface area contributed by atoms with E-state index in [1.165, 1.54) is 32.1 Å². The Labute approximate surface area is 164 Å². The van der Waals surface area contributed by atoms with Crippen LogP contribution in [0.15, 0.2) is 30.3 Å². The van der Waals surface area contributed by atoms with Gasteiger partial charge in [-0.3, -0.25) is 4.79 Å². The van der Waals surface area contributed by atoms with Crippen molar-refractivity contribution < 1.29 is 14.1 Å². The first-order valence-corrected chi connectivity index (χ1v) is 10.6. The van der Waals surface area contributed by atoms with Gasteiger partial charge in [0.1, 0.15) is 0 Å². The second-order valence-electron chi connectivity index (χ2n) is 8.97. The van der Waals surface area contributed by atoms with Crippen LogP contribution in [0, 0.1) is 11.8 Å². The van der Waals surface area contributed by atoms with Crippen molar-refractivity contribution in [3.05, 3.63) is 30.3 Å². The molecule has 2 atom stereocenters. The second kappa shape index (κ2) is 9.25. The van der Waals surface area contributed by atoms with Crippen molar-refractivity contribution in [2.75, 3.05) is 5.32 Å². The van der Waals surface area contributed by atoms with Crippen molar-refractivity contribution in [1.29, 1.82) is 0 Å². The topological polar surface area (TPSA) is 47.6 Å². The van der Waals surface area contributed by atoms with E-state index in [1.807, 2.05) is 30.3 Å². The highest BCUT2D eigenvalue weighted by atomic mass is 16.6. The highest BCUT2D eigenvalue weighted by Crippen LogP contribution is 2.37. The Hall–Kier alpha value is -1.33. The summed E-state index contributed by atoms with van der Waals surface area (Å²) < 4.78 is 12.3. The molecule has 1 amide bonds. The van der Waals surface area contributed by atoms with Crippen LogP contribution in [-0.4, -0.2) is 24.7 Å². The fourth-order valence-electron chi connectivity index (χ4n) is 4.80. The summed E-state index contributed by atoms with van der Waals surface area (Å²) in [5, 5.41) is 3.05. The van der Waals surface area contributed by atoms with Crippen molar-refractivity contribution >= 4 is 18.7 Å². The van der Waals surface area contributed by atoms with Gasteiger partial charge in [-0.1, -0.05) is 50.3 Å². The Morgan fingerprint density at radius 3 is 2.59 bits per heavy atom. The summed E-state index contributed by atoms with van der Waals surface area (Å²) in [6.07, 6.45) is 8.75. The smallest absolute Gasteiger partial charge is 0.409 e. The van der Waals surface area contributed by atoms with Crippen molar-refractivity contribution in [3.8, 4) is 0 Å². The summed E-state index contributed by atoms with van der Waals surface area (Å²) in [6, 6.07) is 9.72. The molecule has 0 aromatic heterocycles. The number of anilines is 1. The normalized spacial score (nSPS) is 24.4. The molecule has 1 heterocycles. The molecule has 3 rings (SSSR count). The van der Waals surface area contributed by atoms with Crippen LogP contribution in [-0.2, 0) is 14.1 Å². The van der Waals surface area contributed by atoms with E-state index in [0.29, 0.717) is 18.3 Å². The molecule has 4 nitrogen and oxygen atoms in total. The van der Waals surface area contributed by atoms with Crippen molar-refractivity contribution in [3.63, 3.8) is 0 Å². The molecule has 1 saturated heterocycles. The maximum atomic E-state index is 12.7. The molecular weight excluding hydrogens is 337 g/mol. The predicted molar refractivity (Wildman–Crippen MR) is 111 cm³/mol. The SMILES string of the molecule is CC1CC(C)(C)OB(C[C@@H](CC(=O)Nc2ccccc2)C2CCCCC2)O1. The molecule has 0 spiro atoms. The monoisotopic (exact) mass is 371 g/mol. The van der Waals surface area contributed by atoms with Gasteiger partial charge in [-0.15, -0.1) is 0 Å². The largest absolute Gasteiger partial charge is 0.457 e. The minimum absolute atomic E-state index is 0.0971. The molecule has 1 aromatic carbocycles. The van der Waals surface area contributed by atoms with Gasteiger partial charge in [0.15, 0.2) is 0 Å². The summed E-state index contributed by atoms with van der Waals surface area (Å²) in [4.78, 5) is 12.7. The lowest BCUT2D eigenvalue weighted by Crippen LogP contribution is -2.47. The number of hydrogen-bond donors (Lipinski definition) is 1. The van der Waals surface area contributed by atoms with Crippen LogP contribution in [0.5, 0.6) is 0 Å². The number of hydrogen-bond acceptors (Lipinski definition) is 3. The number of benzene rings is 1. The van der Waals surface area contributed by atoms with Gasteiger partial charge >= 0.3 is 7.12 Å². The molecule has 27 heavy (non-hydrogen) atoms. The molecule has 0 radical (unpaired) electrons. The minimum Gasteiger partial charge on any atom is -0.409 e. The highest BCUT2D eigenvalue weighted by Gasteiger charge is 2.40. The lowest BCUT2D eigenvalue weighted by Gasteiger charge is -2.40. The maximum Gasteiger partial charge on any atom is 0.457 e. The third-order valence-corrected chi connectivity index (χ3v) is 5.93. The standard InChI is InChI=1S/C22H34BNO3/c1-17-15-22(2,3)27-23(26-17)16-19(18-10-6-4-7-11-18)14-21(25)24-20-12-8-5-9-13-20/h5,8-9,12-13,17-19H,4,6-7,10-11,14-16H2,1-3H3,(H,24,25)/t17?,19-/m1/s1. The Bertz CT molecular complexity index is 601. The van der Waals surface area contributed by atoms with Gasteiger partial charge in [0.05, 0.1) is 5.60 Å². The molecule has 1 aromatic rings. The van der Waals surface area contributed by atoms with Gasteiger partial charge in [-0.25, -0.2) is 0 Å². The molecule has 1 saturated carbocycles. The first-order valence-electron chi connectivity index (χ1n) is 10.6. The quantitative estimate of drug-likeness (QED) is 0.690. The highest BCUT2D eigenvalue weighted by molar-refractivity contribution is 6.44. The number of nitrogens with one attached hydrogen (secondary N) is 1. The van der Waals surface area contributed by atoms with Crippen LogP contribution in [0.4, 0.5) is 5.69 Å². The lowest BCUT2D eigenvalue weighted by atomic mass is 9.66. The summed E-state index contributed by atoms with van der Waals surface area (Å²) in [5.74, 6) is 0.993.